The van der Waals surface area contributed by atoms with Crippen LogP contribution in [0.15, 0.2) is 60.8 Å². The molecule has 144 valence electrons. The number of hydrogen-bond acceptors (Lipinski definition) is 3. The van der Waals surface area contributed by atoms with Crippen molar-refractivity contribution in [3.63, 3.8) is 0 Å². The van der Waals surface area contributed by atoms with Gasteiger partial charge in [0.15, 0.2) is 11.1 Å². The number of carbonyl (C=O) groups excluding carboxylic acids is 1. The molecule has 1 amide bonds. The SMILES string of the molecule is Cc1ccc(-c2cc(CS(=O)O)cc(C(=O)NCc3ccc(C)nc3)c2)cc1. The maximum Gasteiger partial charge on any atom is 0.251 e. The fraction of sp³-hybridized carbons (Fsp3) is 0.182. The van der Waals surface area contributed by atoms with Crippen molar-refractivity contribution in [2.45, 2.75) is 26.1 Å². The summed E-state index contributed by atoms with van der Waals surface area (Å²) in [6.45, 7) is 4.28. The topological polar surface area (TPSA) is 79.3 Å². The lowest BCUT2D eigenvalue weighted by molar-refractivity contribution is 0.0951. The van der Waals surface area contributed by atoms with E-state index in [0.717, 1.165) is 27.9 Å². The summed E-state index contributed by atoms with van der Waals surface area (Å²) in [5.74, 6) is -0.262. The van der Waals surface area contributed by atoms with E-state index in [2.05, 4.69) is 10.3 Å². The molecule has 1 aromatic heterocycles. The fourth-order valence-corrected chi connectivity index (χ4v) is 3.30. The first-order valence-electron chi connectivity index (χ1n) is 8.89. The number of carbonyl (C=O) groups is 1. The molecule has 0 aliphatic carbocycles. The minimum atomic E-state index is -1.98. The molecule has 0 spiro atoms. The zero-order valence-electron chi connectivity index (χ0n) is 15.8. The van der Waals surface area contributed by atoms with Gasteiger partial charge < -0.3 is 9.87 Å². The summed E-state index contributed by atoms with van der Waals surface area (Å²) in [7, 11) is 0. The highest BCUT2D eigenvalue weighted by Gasteiger charge is 2.11. The van der Waals surface area contributed by atoms with Crippen molar-refractivity contribution in [1.29, 1.82) is 0 Å². The second-order valence-electron chi connectivity index (χ2n) is 6.74. The van der Waals surface area contributed by atoms with E-state index in [-0.39, 0.29) is 11.7 Å². The van der Waals surface area contributed by atoms with E-state index in [0.29, 0.717) is 17.7 Å². The summed E-state index contributed by atoms with van der Waals surface area (Å²) in [6, 6.07) is 17.1. The first kappa shape index (κ1) is 19.9. The van der Waals surface area contributed by atoms with Crippen molar-refractivity contribution in [3.8, 4) is 11.1 Å². The second kappa shape index (κ2) is 8.91. The average molecular weight is 394 g/mol. The van der Waals surface area contributed by atoms with Gasteiger partial charge in [0.2, 0.25) is 0 Å². The molecular formula is C22H22N2O3S. The molecule has 0 aliphatic heterocycles. The maximum atomic E-state index is 12.7. The van der Waals surface area contributed by atoms with Gasteiger partial charge in [-0.3, -0.25) is 9.78 Å². The number of nitrogens with zero attached hydrogens (tertiary/aromatic N) is 1. The fourth-order valence-electron chi connectivity index (χ4n) is 2.85. The summed E-state index contributed by atoms with van der Waals surface area (Å²) in [5, 5.41) is 2.89. The van der Waals surface area contributed by atoms with E-state index in [1.807, 2.05) is 56.3 Å². The highest BCUT2D eigenvalue weighted by Crippen LogP contribution is 2.24. The number of rotatable bonds is 6. The Balaban J connectivity index is 1.86. The van der Waals surface area contributed by atoms with Crippen molar-refractivity contribution in [2.75, 3.05) is 0 Å². The van der Waals surface area contributed by atoms with Gasteiger partial charge in [0, 0.05) is 24.0 Å². The molecule has 3 aromatic rings. The van der Waals surface area contributed by atoms with Crippen molar-refractivity contribution in [3.05, 3.63) is 88.7 Å². The van der Waals surface area contributed by atoms with Crippen LogP contribution in [0.5, 0.6) is 0 Å². The van der Waals surface area contributed by atoms with Gasteiger partial charge in [0.25, 0.3) is 5.91 Å². The van der Waals surface area contributed by atoms with E-state index in [9.17, 15) is 13.6 Å². The van der Waals surface area contributed by atoms with Crippen molar-refractivity contribution < 1.29 is 13.6 Å². The number of nitrogens with one attached hydrogen (secondary N) is 1. The Morgan fingerprint density at radius 1 is 1.00 bits per heavy atom. The first-order valence-corrected chi connectivity index (χ1v) is 10.2. The zero-order chi connectivity index (χ0) is 20.1. The largest absolute Gasteiger partial charge is 0.348 e. The Morgan fingerprint density at radius 3 is 2.39 bits per heavy atom. The molecule has 1 atom stereocenters. The summed E-state index contributed by atoms with van der Waals surface area (Å²) in [5.41, 5.74) is 5.85. The monoisotopic (exact) mass is 394 g/mol. The van der Waals surface area contributed by atoms with Crippen LogP contribution >= 0.6 is 0 Å². The van der Waals surface area contributed by atoms with Gasteiger partial charge in [-0.2, -0.15) is 0 Å². The molecule has 0 saturated carbocycles. The Kier molecular flexibility index (Phi) is 6.34. The van der Waals surface area contributed by atoms with Crippen molar-refractivity contribution in [2.24, 2.45) is 0 Å². The van der Waals surface area contributed by atoms with Gasteiger partial charge in [-0.05, 0) is 54.3 Å². The molecular weight excluding hydrogens is 372 g/mol. The van der Waals surface area contributed by atoms with Crippen LogP contribution in [0, 0.1) is 13.8 Å². The highest BCUT2D eigenvalue weighted by atomic mass is 32.2. The molecule has 0 aliphatic rings. The van der Waals surface area contributed by atoms with Gasteiger partial charge in [0.05, 0.1) is 5.75 Å². The third-order valence-corrected chi connectivity index (χ3v) is 4.94. The van der Waals surface area contributed by atoms with Gasteiger partial charge in [-0.25, -0.2) is 4.21 Å². The average Bonchev–Trinajstić information content (AvgIpc) is 2.67. The second-order valence-corrected chi connectivity index (χ2v) is 7.67. The minimum absolute atomic E-state index is 0.0259. The van der Waals surface area contributed by atoms with Gasteiger partial charge in [-0.1, -0.05) is 42.0 Å². The summed E-state index contributed by atoms with van der Waals surface area (Å²) >= 11 is -1.98. The number of pyridine rings is 1. The molecule has 5 nitrogen and oxygen atoms in total. The Labute approximate surface area is 167 Å². The van der Waals surface area contributed by atoms with Gasteiger partial charge in [-0.15, -0.1) is 0 Å². The van der Waals surface area contributed by atoms with E-state index < -0.39 is 11.1 Å². The number of aromatic nitrogens is 1. The van der Waals surface area contributed by atoms with Crippen LogP contribution in [-0.2, 0) is 23.4 Å². The molecule has 2 aromatic carbocycles. The summed E-state index contributed by atoms with van der Waals surface area (Å²) in [6.07, 6.45) is 1.73. The lowest BCUT2D eigenvalue weighted by atomic mass is 9.99. The molecule has 28 heavy (non-hydrogen) atoms. The molecule has 0 bridgehead atoms. The first-order chi connectivity index (χ1) is 13.4. The normalized spacial score (nSPS) is 11.8. The standard InChI is InChI=1S/C22H22N2O3S/c1-15-3-7-19(8-4-15)20-9-18(14-28(26)27)10-21(11-20)22(25)24-13-17-6-5-16(2)23-12-17/h3-12H,13-14H2,1-2H3,(H,24,25)(H,26,27). The maximum absolute atomic E-state index is 12.7. The van der Waals surface area contributed by atoms with Gasteiger partial charge >= 0.3 is 0 Å². The lowest BCUT2D eigenvalue weighted by Gasteiger charge is -2.11. The van der Waals surface area contributed by atoms with E-state index in [1.54, 1.807) is 18.3 Å². The predicted molar refractivity (Wildman–Crippen MR) is 111 cm³/mol. The van der Waals surface area contributed by atoms with E-state index >= 15 is 0 Å². The predicted octanol–water partition coefficient (Wildman–Crippen LogP) is 4.02. The smallest absolute Gasteiger partial charge is 0.251 e. The molecule has 0 fully saturated rings. The quantitative estimate of drug-likeness (QED) is 0.619. The summed E-state index contributed by atoms with van der Waals surface area (Å²) < 4.78 is 20.6. The van der Waals surface area contributed by atoms with Crippen LogP contribution in [0.3, 0.4) is 0 Å². The van der Waals surface area contributed by atoms with Crippen molar-refractivity contribution in [1.82, 2.24) is 10.3 Å². The van der Waals surface area contributed by atoms with Crippen LogP contribution in [0.4, 0.5) is 0 Å². The number of amides is 1. The zero-order valence-corrected chi connectivity index (χ0v) is 16.6. The Hall–Kier alpha value is -2.83. The molecule has 3 rings (SSSR count). The lowest BCUT2D eigenvalue weighted by Crippen LogP contribution is -2.23. The highest BCUT2D eigenvalue weighted by molar-refractivity contribution is 7.78. The van der Waals surface area contributed by atoms with Crippen LogP contribution < -0.4 is 5.32 Å². The molecule has 0 radical (unpaired) electrons. The number of hydrogen-bond donors (Lipinski definition) is 2. The molecule has 6 heteroatoms. The number of benzene rings is 2. The van der Waals surface area contributed by atoms with Crippen LogP contribution in [0.2, 0.25) is 0 Å². The van der Waals surface area contributed by atoms with Crippen LogP contribution in [0.1, 0.15) is 32.7 Å². The Morgan fingerprint density at radius 2 is 1.75 bits per heavy atom. The van der Waals surface area contributed by atoms with E-state index in [1.165, 1.54) is 0 Å². The third-order valence-electron chi connectivity index (χ3n) is 4.36. The molecule has 2 N–H and O–H groups in total. The van der Waals surface area contributed by atoms with E-state index in [4.69, 9.17) is 0 Å². The Bertz CT molecular complexity index is 999. The van der Waals surface area contributed by atoms with Crippen LogP contribution in [0.25, 0.3) is 11.1 Å². The molecule has 1 heterocycles. The van der Waals surface area contributed by atoms with Gasteiger partial charge in [0.1, 0.15) is 0 Å². The van der Waals surface area contributed by atoms with Crippen molar-refractivity contribution >= 4 is 17.0 Å². The minimum Gasteiger partial charge on any atom is -0.348 e. The van der Waals surface area contributed by atoms with Crippen LogP contribution in [-0.4, -0.2) is 19.7 Å². The third kappa shape index (κ3) is 5.34. The number of aryl methyl sites for hydroxylation is 2. The molecule has 0 saturated heterocycles. The summed E-state index contributed by atoms with van der Waals surface area (Å²) in [4.78, 5) is 16.9. The molecule has 1 unspecified atom stereocenters.